The minimum absolute atomic E-state index is 0.232. The van der Waals surface area contributed by atoms with Gasteiger partial charge in [0.05, 0.1) is 6.04 Å². The van der Waals surface area contributed by atoms with Gasteiger partial charge < -0.3 is 10.7 Å². The van der Waals surface area contributed by atoms with E-state index in [1.165, 1.54) is 15.3 Å². The van der Waals surface area contributed by atoms with Gasteiger partial charge in [-0.15, -0.1) is 11.3 Å². The van der Waals surface area contributed by atoms with E-state index >= 15 is 0 Å². The third-order valence-electron chi connectivity index (χ3n) is 2.81. The number of nitrogens with two attached hydrogens (primary N) is 1. The summed E-state index contributed by atoms with van der Waals surface area (Å²) in [5.41, 5.74) is 3.87. The molecule has 0 radical (unpaired) electrons. The van der Waals surface area contributed by atoms with Crippen molar-refractivity contribution in [1.82, 2.24) is 4.98 Å². The van der Waals surface area contributed by atoms with Crippen LogP contribution in [0.1, 0.15) is 28.3 Å². The van der Waals surface area contributed by atoms with Crippen LogP contribution in [0.25, 0.3) is 0 Å². The van der Waals surface area contributed by atoms with Crippen LogP contribution >= 0.6 is 11.3 Å². The Hall–Kier alpha value is -1.59. The van der Waals surface area contributed by atoms with E-state index in [9.17, 15) is 0 Å². The number of hydrazine groups is 1. The molecule has 0 amide bonds. The summed E-state index contributed by atoms with van der Waals surface area (Å²) in [6.45, 7) is 6.42. The minimum Gasteiger partial charge on any atom is -0.363 e. The van der Waals surface area contributed by atoms with Crippen molar-refractivity contribution in [2.45, 2.75) is 26.8 Å². The Balaban J connectivity index is 2.15. The number of hydrogen-bond donors (Lipinski definition) is 3. The van der Waals surface area contributed by atoms with Gasteiger partial charge in [0, 0.05) is 9.75 Å². The molecule has 0 aliphatic rings. The SMILES string of the molecule is Cc1cc(C(C)Nc2cccc(NN)n2)c(C)s1. The molecule has 2 aromatic heterocycles. The first-order valence-electron chi connectivity index (χ1n) is 5.87. The molecule has 18 heavy (non-hydrogen) atoms. The van der Waals surface area contributed by atoms with E-state index in [1.54, 1.807) is 0 Å². The summed E-state index contributed by atoms with van der Waals surface area (Å²) in [6, 6.07) is 8.14. The lowest BCUT2D eigenvalue weighted by atomic mass is 10.1. The first kappa shape index (κ1) is 12.9. The van der Waals surface area contributed by atoms with Crippen LogP contribution in [-0.2, 0) is 0 Å². The number of nitrogens with one attached hydrogen (secondary N) is 2. The van der Waals surface area contributed by atoms with Gasteiger partial charge >= 0.3 is 0 Å². The van der Waals surface area contributed by atoms with E-state index in [-0.39, 0.29) is 6.04 Å². The van der Waals surface area contributed by atoms with E-state index in [4.69, 9.17) is 5.84 Å². The second-order valence-electron chi connectivity index (χ2n) is 4.29. The summed E-state index contributed by atoms with van der Waals surface area (Å²) < 4.78 is 0. The Labute approximate surface area is 111 Å². The average Bonchev–Trinajstić information content (AvgIpc) is 2.69. The summed E-state index contributed by atoms with van der Waals surface area (Å²) in [4.78, 5) is 7.03. The van der Waals surface area contributed by atoms with Crippen LogP contribution in [0.3, 0.4) is 0 Å². The normalized spacial score (nSPS) is 12.2. The molecule has 5 heteroatoms. The summed E-state index contributed by atoms with van der Waals surface area (Å²) in [7, 11) is 0. The molecule has 0 spiro atoms. The smallest absolute Gasteiger partial charge is 0.142 e. The van der Waals surface area contributed by atoms with Crippen molar-refractivity contribution in [3.63, 3.8) is 0 Å². The number of thiophene rings is 1. The molecule has 0 fully saturated rings. The van der Waals surface area contributed by atoms with Gasteiger partial charge in [0.2, 0.25) is 0 Å². The molecule has 1 atom stereocenters. The Morgan fingerprint density at radius 2 is 2.00 bits per heavy atom. The van der Waals surface area contributed by atoms with Crippen molar-refractivity contribution in [2.24, 2.45) is 5.84 Å². The maximum atomic E-state index is 5.35. The van der Waals surface area contributed by atoms with Gasteiger partial charge in [0.1, 0.15) is 11.6 Å². The fourth-order valence-electron chi connectivity index (χ4n) is 1.98. The van der Waals surface area contributed by atoms with Crippen LogP contribution in [0.5, 0.6) is 0 Å². The molecule has 4 N–H and O–H groups in total. The van der Waals surface area contributed by atoms with Crippen molar-refractivity contribution in [1.29, 1.82) is 0 Å². The van der Waals surface area contributed by atoms with E-state index < -0.39 is 0 Å². The molecular weight excluding hydrogens is 244 g/mol. The highest BCUT2D eigenvalue weighted by molar-refractivity contribution is 7.12. The van der Waals surface area contributed by atoms with Gasteiger partial charge in [-0.1, -0.05) is 6.07 Å². The summed E-state index contributed by atoms with van der Waals surface area (Å²) in [5, 5.41) is 3.39. The second-order valence-corrected chi connectivity index (χ2v) is 5.75. The topological polar surface area (TPSA) is 63.0 Å². The Bertz CT molecular complexity index is 536. The van der Waals surface area contributed by atoms with Crippen molar-refractivity contribution < 1.29 is 0 Å². The van der Waals surface area contributed by atoms with Crippen LogP contribution in [-0.4, -0.2) is 4.98 Å². The number of pyridine rings is 1. The fourth-order valence-corrected chi connectivity index (χ4v) is 3.00. The lowest BCUT2D eigenvalue weighted by Gasteiger charge is -2.15. The van der Waals surface area contributed by atoms with Crippen LogP contribution in [0, 0.1) is 13.8 Å². The second kappa shape index (κ2) is 5.37. The first-order valence-corrected chi connectivity index (χ1v) is 6.69. The molecule has 0 saturated heterocycles. The third-order valence-corrected chi connectivity index (χ3v) is 3.79. The van der Waals surface area contributed by atoms with Gasteiger partial charge in [-0.2, -0.15) is 0 Å². The largest absolute Gasteiger partial charge is 0.363 e. The van der Waals surface area contributed by atoms with E-state index in [1.807, 2.05) is 29.5 Å². The Morgan fingerprint density at radius 3 is 2.61 bits per heavy atom. The van der Waals surface area contributed by atoms with Gasteiger partial charge in [0.25, 0.3) is 0 Å². The third kappa shape index (κ3) is 2.80. The molecule has 2 heterocycles. The molecule has 2 aromatic rings. The predicted octanol–water partition coefficient (Wildman–Crippen LogP) is 3.22. The van der Waals surface area contributed by atoms with Crippen molar-refractivity contribution >= 4 is 23.0 Å². The highest BCUT2D eigenvalue weighted by Gasteiger charge is 2.11. The van der Waals surface area contributed by atoms with Gasteiger partial charge in [-0.05, 0) is 44.5 Å². The van der Waals surface area contributed by atoms with E-state index in [0.717, 1.165) is 5.82 Å². The van der Waals surface area contributed by atoms with Crippen molar-refractivity contribution in [3.8, 4) is 0 Å². The highest BCUT2D eigenvalue weighted by Crippen LogP contribution is 2.28. The average molecular weight is 262 g/mol. The highest BCUT2D eigenvalue weighted by atomic mass is 32.1. The van der Waals surface area contributed by atoms with Gasteiger partial charge in [0.15, 0.2) is 0 Å². The summed E-state index contributed by atoms with van der Waals surface area (Å²) in [5.74, 6) is 6.83. The molecule has 0 aliphatic carbocycles. The zero-order chi connectivity index (χ0) is 13.1. The Kier molecular flexibility index (Phi) is 3.84. The number of anilines is 2. The predicted molar refractivity (Wildman–Crippen MR) is 77.9 cm³/mol. The lowest BCUT2D eigenvalue weighted by Crippen LogP contribution is -2.11. The fraction of sp³-hybridized carbons (Fsp3) is 0.308. The van der Waals surface area contributed by atoms with E-state index in [0.29, 0.717) is 5.82 Å². The molecule has 0 saturated carbocycles. The summed E-state index contributed by atoms with van der Waals surface area (Å²) >= 11 is 1.82. The maximum absolute atomic E-state index is 5.35. The summed E-state index contributed by atoms with van der Waals surface area (Å²) in [6.07, 6.45) is 0. The number of hydrogen-bond acceptors (Lipinski definition) is 5. The zero-order valence-corrected chi connectivity index (χ0v) is 11.6. The molecule has 2 rings (SSSR count). The maximum Gasteiger partial charge on any atom is 0.142 e. The van der Waals surface area contributed by atoms with E-state index in [2.05, 4.69) is 42.6 Å². The lowest BCUT2D eigenvalue weighted by molar-refractivity contribution is 0.872. The van der Waals surface area contributed by atoms with Crippen LogP contribution in [0.4, 0.5) is 11.6 Å². The van der Waals surface area contributed by atoms with Crippen LogP contribution in [0.15, 0.2) is 24.3 Å². The standard InChI is InChI=1S/C13H18N4S/c1-8-7-11(10(3)18-8)9(2)15-12-5-4-6-13(16-12)17-14/h4-7,9H,14H2,1-3H3,(H2,15,16,17). The molecule has 96 valence electrons. The number of nitrogen functional groups attached to an aromatic ring is 1. The molecular formula is C13H18N4S. The quantitative estimate of drug-likeness (QED) is 0.585. The first-order chi connectivity index (χ1) is 8.60. The minimum atomic E-state index is 0.232. The number of aromatic nitrogens is 1. The monoisotopic (exact) mass is 262 g/mol. The molecule has 0 aromatic carbocycles. The molecule has 0 aliphatic heterocycles. The van der Waals surface area contributed by atoms with Gasteiger partial charge in [-0.25, -0.2) is 10.8 Å². The Morgan fingerprint density at radius 1 is 1.28 bits per heavy atom. The van der Waals surface area contributed by atoms with Crippen LogP contribution in [0.2, 0.25) is 0 Å². The molecule has 4 nitrogen and oxygen atoms in total. The molecule has 1 unspecified atom stereocenters. The number of aryl methyl sites for hydroxylation is 2. The molecule has 0 bridgehead atoms. The number of nitrogens with zero attached hydrogens (tertiary/aromatic N) is 1. The number of rotatable bonds is 4. The van der Waals surface area contributed by atoms with Crippen molar-refractivity contribution in [3.05, 3.63) is 39.6 Å². The van der Waals surface area contributed by atoms with Crippen LogP contribution < -0.4 is 16.6 Å². The zero-order valence-electron chi connectivity index (χ0n) is 10.8. The van der Waals surface area contributed by atoms with Crippen molar-refractivity contribution in [2.75, 3.05) is 10.7 Å². The van der Waals surface area contributed by atoms with Gasteiger partial charge in [-0.3, -0.25) is 0 Å².